The van der Waals surface area contributed by atoms with Crippen LogP contribution in [0.4, 0.5) is 0 Å². The SMILES string of the molecule is CC(=NC[C@H](C)N=C(C)c1cc(C[N+](C)(C)C)ccc1O)c1cc(C[N+](C)(C)C)ccc1O. The number of nitrogens with zero attached hydrogens (tertiary/aromatic N) is 4. The van der Waals surface area contributed by atoms with Crippen LogP contribution >= 0.6 is 0 Å². The third-order valence-electron chi connectivity index (χ3n) is 5.22. The molecule has 6 heteroatoms. The molecule has 0 aliphatic heterocycles. The first-order valence-corrected chi connectivity index (χ1v) is 11.5. The molecule has 2 rings (SSSR count). The number of hydrogen-bond donors (Lipinski definition) is 2. The molecule has 0 spiro atoms. The van der Waals surface area contributed by atoms with Crippen LogP contribution in [0, 0.1) is 0 Å². The molecule has 180 valence electrons. The highest BCUT2D eigenvalue weighted by molar-refractivity contribution is 6.02. The van der Waals surface area contributed by atoms with E-state index in [1.165, 1.54) is 0 Å². The van der Waals surface area contributed by atoms with Crippen molar-refractivity contribution in [2.45, 2.75) is 39.9 Å². The number of benzene rings is 2. The molecule has 0 saturated carbocycles. The van der Waals surface area contributed by atoms with Gasteiger partial charge in [0, 0.05) is 33.7 Å². The topological polar surface area (TPSA) is 65.2 Å². The Bertz CT molecular complexity index is 1030. The molecule has 2 aromatic carbocycles. The zero-order valence-electron chi connectivity index (χ0n) is 21.8. The first-order valence-electron chi connectivity index (χ1n) is 11.5. The van der Waals surface area contributed by atoms with E-state index in [1.807, 2.05) is 45.0 Å². The smallest absolute Gasteiger partial charge is 0.124 e. The maximum atomic E-state index is 10.4. The van der Waals surface area contributed by atoms with Gasteiger partial charge in [-0.1, -0.05) is 0 Å². The van der Waals surface area contributed by atoms with E-state index >= 15 is 0 Å². The summed E-state index contributed by atoms with van der Waals surface area (Å²) in [6.07, 6.45) is 0. The van der Waals surface area contributed by atoms with Crippen molar-refractivity contribution in [3.8, 4) is 11.5 Å². The van der Waals surface area contributed by atoms with Crippen LogP contribution in [0.2, 0.25) is 0 Å². The van der Waals surface area contributed by atoms with Crippen LogP contribution in [-0.4, -0.2) is 85.5 Å². The van der Waals surface area contributed by atoms with Crippen molar-refractivity contribution in [3.05, 3.63) is 58.7 Å². The fourth-order valence-corrected chi connectivity index (χ4v) is 3.83. The van der Waals surface area contributed by atoms with Gasteiger partial charge < -0.3 is 19.2 Å². The third-order valence-corrected chi connectivity index (χ3v) is 5.22. The summed E-state index contributed by atoms with van der Waals surface area (Å²) in [6, 6.07) is 11.4. The number of aromatic hydroxyl groups is 2. The molecule has 0 aromatic heterocycles. The lowest BCUT2D eigenvalue weighted by Crippen LogP contribution is -2.33. The normalized spacial score (nSPS) is 14.5. The Balaban J connectivity index is 2.18. The van der Waals surface area contributed by atoms with Crippen LogP contribution in [0.5, 0.6) is 11.5 Å². The summed E-state index contributed by atoms with van der Waals surface area (Å²) in [4.78, 5) is 9.49. The molecule has 2 aromatic rings. The molecule has 0 heterocycles. The molecule has 0 aliphatic carbocycles. The number of aliphatic imine (C=N–C) groups is 2. The summed E-state index contributed by atoms with van der Waals surface area (Å²) in [6.45, 7) is 8.11. The zero-order chi connectivity index (χ0) is 25.0. The van der Waals surface area contributed by atoms with Crippen molar-refractivity contribution in [2.24, 2.45) is 9.98 Å². The van der Waals surface area contributed by atoms with Crippen molar-refractivity contribution in [1.29, 1.82) is 0 Å². The number of quaternary nitrogens is 2. The van der Waals surface area contributed by atoms with Gasteiger partial charge in [-0.25, -0.2) is 0 Å². The second kappa shape index (κ2) is 10.5. The minimum atomic E-state index is -0.0574. The lowest BCUT2D eigenvalue weighted by Gasteiger charge is -2.24. The lowest BCUT2D eigenvalue weighted by molar-refractivity contribution is -0.884. The summed E-state index contributed by atoms with van der Waals surface area (Å²) < 4.78 is 1.63. The van der Waals surface area contributed by atoms with Gasteiger partial charge in [-0.3, -0.25) is 9.98 Å². The monoisotopic (exact) mass is 454 g/mol. The Morgan fingerprint density at radius 2 is 1.18 bits per heavy atom. The van der Waals surface area contributed by atoms with Crippen LogP contribution < -0.4 is 0 Å². The molecule has 0 aliphatic rings. The second-order valence-electron chi connectivity index (χ2n) is 11.1. The van der Waals surface area contributed by atoms with Crippen molar-refractivity contribution in [2.75, 3.05) is 48.8 Å². The van der Waals surface area contributed by atoms with Crippen molar-refractivity contribution < 1.29 is 19.2 Å². The fraction of sp³-hybridized carbons (Fsp3) is 0.481. The van der Waals surface area contributed by atoms with Crippen LogP contribution in [0.25, 0.3) is 0 Å². The predicted molar refractivity (Wildman–Crippen MR) is 138 cm³/mol. The molecule has 2 N–H and O–H groups in total. The minimum Gasteiger partial charge on any atom is -0.507 e. The Kier molecular flexibility index (Phi) is 8.44. The fourth-order valence-electron chi connectivity index (χ4n) is 3.83. The summed E-state index contributed by atoms with van der Waals surface area (Å²) >= 11 is 0. The summed E-state index contributed by atoms with van der Waals surface area (Å²) in [7, 11) is 12.9. The van der Waals surface area contributed by atoms with Crippen LogP contribution in [-0.2, 0) is 13.1 Å². The summed E-state index contributed by atoms with van der Waals surface area (Å²) in [5.41, 5.74) is 5.44. The first-order chi connectivity index (χ1) is 15.1. The highest BCUT2D eigenvalue weighted by atomic mass is 16.3. The average molecular weight is 455 g/mol. The highest BCUT2D eigenvalue weighted by Gasteiger charge is 2.14. The lowest BCUT2D eigenvalue weighted by atomic mass is 10.0. The maximum absolute atomic E-state index is 10.4. The minimum absolute atomic E-state index is 0.0574. The number of phenolic OH excluding ortho intramolecular Hbond substituents is 2. The molecular formula is C27H42N4O2+2. The Hall–Kier alpha value is -2.70. The van der Waals surface area contributed by atoms with Crippen LogP contribution in [0.1, 0.15) is 43.0 Å². The van der Waals surface area contributed by atoms with Gasteiger partial charge in [0.2, 0.25) is 0 Å². The van der Waals surface area contributed by atoms with E-state index in [0.717, 1.165) is 55.7 Å². The summed E-state index contributed by atoms with van der Waals surface area (Å²) in [5, 5.41) is 20.7. The van der Waals surface area contributed by atoms with E-state index in [0.29, 0.717) is 6.54 Å². The van der Waals surface area contributed by atoms with Crippen molar-refractivity contribution in [3.63, 3.8) is 0 Å². The Labute approximate surface area is 199 Å². The van der Waals surface area contributed by atoms with Gasteiger partial charge >= 0.3 is 0 Å². The van der Waals surface area contributed by atoms with E-state index in [1.54, 1.807) is 12.1 Å². The van der Waals surface area contributed by atoms with Crippen LogP contribution in [0.3, 0.4) is 0 Å². The maximum Gasteiger partial charge on any atom is 0.124 e. The molecule has 1 atom stereocenters. The van der Waals surface area contributed by atoms with Gasteiger partial charge in [-0.2, -0.15) is 0 Å². The Morgan fingerprint density at radius 1 is 0.758 bits per heavy atom. The van der Waals surface area contributed by atoms with Crippen molar-refractivity contribution in [1.82, 2.24) is 0 Å². The standard InChI is InChI=1S/C27H40N4O2/c1-19(29-21(3)25-15-23(11-13-27(25)33)18-31(7,8)9)16-28-20(2)24-14-22(10-12-26(24)32)17-30(4,5)6/h10-15,19H,16-18H2,1-9H3/p+2/t19-/m0/s1. The van der Waals surface area contributed by atoms with Crippen LogP contribution in [0.15, 0.2) is 46.4 Å². The van der Waals surface area contributed by atoms with E-state index in [2.05, 4.69) is 42.3 Å². The molecule has 0 unspecified atom stereocenters. The largest absolute Gasteiger partial charge is 0.507 e. The second-order valence-corrected chi connectivity index (χ2v) is 11.1. The Morgan fingerprint density at radius 3 is 1.61 bits per heavy atom. The molecular weight excluding hydrogens is 412 g/mol. The van der Waals surface area contributed by atoms with Gasteiger partial charge in [-0.15, -0.1) is 0 Å². The number of phenols is 2. The first kappa shape index (κ1) is 26.6. The molecule has 6 nitrogen and oxygen atoms in total. The summed E-state index contributed by atoms with van der Waals surface area (Å²) in [5.74, 6) is 0.486. The van der Waals surface area contributed by atoms with Crippen molar-refractivity contribution >= 4 is 11.4 Å². The highest BCUT2D eigenvalue weighted by Crippen LogP contribution is 2.23. The average Bonchev–Trinajstić information content (AvgIpc) is 2.66. The van der Waals surface area contributed by atoms with E-state index < -0.39 is 0 Å². The van der Waals surface area contributed by atoms with Gasteiger partial charge in [0.1, 0.15) is 24.6 Å². The molecule has 33 heavy (non-hydrogen) atoms. The van der Waals surface area contributed by atoms with Gasteiger partial charge in [0.15, 0.2) is 0 Å². The predicted octanol–water partition coefficient (Wildman–Crippen LogP) is 4.22. The number of rotatable bonds is 9. The molecule has 0 radical (unpaired) electrons. The molecule has 0 amide bonds. The molecule has 0 saturated heterocycles. The molecule has 0 bridgehead atoms. The number of hydrogen-bond acceptors (Lipinski definition) is 4. The zero-order valence-corrected chi connectivity index (χ0v) is 21.8. The van der Waals surface area contributed by atoms with E-state index in [4.69, 9.17) is 9.98 Å². The van der Waals surface area contributed by atoms with Gasteiger partial charge in [-0.05, 0) is 57.2 Å². The quantitative estimate of drug-likeness (QED) is 0.440. The van der Waals surface area contributed by atoms with Gasteiger partial charge in [0.25, 0.3) is 0 Å². The van der Waals surface area contributed by atoms with E-state index in [-0.39, 0.29) is 17.5 Å². The van der Waals surface area contributed by atoms with E-state index in [9.17, 15) is 10.2 Å². The molecule has 0 fully saturated rings. The third kappa shape index (κ3) is 8.63. The van der Waals surface area contributed by atoms with Gasteiger partial charge in [0.05, 0.1) is 54.9 Å².